The van der Waals surface area contributed by atoms with Gasteiger partial charge in [0.2, 0.25) is 0 Å². The molecule has 0 saturated carbocycles. The molecule has 3 heterocycles. The third-order valence-electron chi connectivity index (χ3n) is 5.02. The van der Waals surface area contributed by atoms with E-state index in [0.717, 1.165) is 60.4 Å². The highest BCUT2D eigenvalue weighted by Crippen LogP contribution is 2.23. The van der Waals surface area contributed by atoms with E-state index in [0.29, 0.717) is 6.42 Å². The zero-order valence-electron chi connectivity index (χ0n) is 14.4. The molecule has 0 aliphatic carbocycles. The van der Waals surface area contributed by atoms with Crippen LogP contribution in [0.3, 0.4) is 0 Å². The summed E-state index contributed by atoms with van der Waals surface area (Å²) in [6.45, 7) is 4.32. The molecule has 0 N–H and O–H groups in total. The lowest BCUT2D eigenvalue weighted by Crippen LogP contribution is -2.46. The molecule has 4 rings (SSSR count). The first-order chi connectivity index (χ1) is 12.5. The number of hydrogen-bond acceptors (Lipinski definition) is 6. The van der Waals surface area contributed by atoms with Crippen LogP contribution in [0.15, 0.2) is 30.3 Å². The Kier molecular flexibility index (Phi) is 4.86. The summed E-state index contributed by atoms with van der Waals surface area (Å²) in [5.41, 5.74) is 2.77. The van der Waals surface area contributed by atoms with Gasteiger partial charge in [-0.15, -0.1) is 5.10 Å². The molecule has 2 aromatic rings. The summed E-state index contributed by atoms with van der Waals surface area (Å²) in [5, 5.41) is 9.40. The number of hydrogen-bond donors (Lipinski definition) is 0. The van der Waals surface area contributed by atoms with Crippen molar-refractivity contribution in [1.82, 2.24) is 15.1 Å². The lowest BCUT2D eigenvalue weighted by atomic mass is 10.1. The van der Waals surface area contributed by atoms with Gasteiger partial charge in [-0.1, -0.05) is 29.8 Å². The summed E-state index contributed by atoms with van der Waals surface area (Å²) in [6.07, 6.45) is 0.469. The Morgan fingerprint density at radius 2 is 1.85 bits per heavy atom. The van der Waals surface area contributed by atoms with Crippen molar-refractivity contribution in [3.63, 3.8) is 0 Å². The van der Waals surface area contributed by atoms with Crippen molar-refractivity contribution in [3.05, 3.63) is 52.2 Å². The molecule has 1 fully saturated rings. The van der Waals surface area contributed by atoms with E-state index in [1.54, 1.807) is 0 Å². The highest BCUT2D eigenvalue weighted by Gasteiger charge is 2.25. The molecule has 0 radical (unpaired) electrons. The van der Waals surface area contributed by atoms with Crippen molar-refractivity contribution in [1.29, 1.82) is 0 Å². The highest BCUT2D eigenvalue weighted by atomic mass is 35.5. The quantitative estimate of drug-likeness (QED) is 0.795. The fourth-order valence-electron chi connectivity index (χ4n) is 3.50. The van der Waals surface area contributed by atoms with E-state index in [9.17, 15) is 8.42 Å². The van der Waals surface area contributed by atoms with Crippen molar-refractivity contribution in [2.24, 2.45) is 0 Å². The molecule has 2 aliphatic heterocycles. The van der Waals surface area contributed by atoms with E-state index in [-0.39, 0.29) is 11.5 Å². The van der Waals surface area contributed by atoms with E-state index < -0.39 is 9.84 Å². The number of piperazine rings is 1. The number of aryl methyl sites for hydroxylation is 1. The van der Waals surface area contributed by atoms with E-state index >= 15 is 0 Å². The molecule has 0 atom stereocenters. The van der Waals surface area contributed by atoms with Crippen molar-refractivity contribution < 1.29 is 8.42 Å². The monoisotopic (exact) mass is 392 g/mol. The zero-order chi connectivity index (χ0) is 18.1. The molecule has 0 spiro atoms. The SMILES string of the molecule is O=S1(=O)CCc2nnc(N3CCN(Cc4ccccc4Cl)CC3)cc2C1. The zero-order valence-corrected chi connectivity index (χ0v) is 16.0. The summed E-state index contributed by atoms with van der Waals surface area (Å²) in [7, 11) is -3.00. The second kappa shape index (κ2) is 7.13. The van der Waals surface area contributed by atoms with Crippen LogP contribution in [0.1, 0.15) is 16.8 Å². The summed E-state index contributed by atoms with van der Waals surface area (Å²) >= 11 is 6.25. The molecule has 0 bridgehead atoms. The van der Waals surface area contributed by atoms with E-state index in [2.05, 4.69) is 26.1 Å². The third-order valence-corrected chi connectivity index (χ3v) is 6.97. The summed E-state index contributed by atoms with van der Waals surface area (Å²) in [6, 6.07) is 9.84. The third kappa shape index (κ3) is 3.84. The van der Waals surface area contributed by atoms with Crippen LogP contribution in [-0.4, -0.2) is 55.4 Å². The van der Waals surface area contributed by atoms with Gasteiger partial charge in [0.05, 0.1) is 17.2 Å². The van der Waals surface area contributed by atoms with Gasteiger partial charge in [0.15, 0.2) is 15.7 Å². The lowest BCUT2D eigenvalue weighted by molar-refractivity contribution is 0.249. The highest BCUT2D eigenvalue weighted by molar-refractivity contribution is 7.90. The van der Waals surface area contributed by atoms with Crippen LogP contribution >= 0.6 is 11.6 Å². The van der Waals surface area contributed by atoms with Crippen LogP contribution in [0.5, 0.6) is 0 Å². The normalized spacial score (nSPS) is 20.0. The lowest BCUT2D eigenvalue weighted by Gasteiger charge is -2.35. The molecule has 8 heteroatoms. The van der Waals surface area contributed by atoms with Crippen LogP contribution in [0, 0.1) is 0 Å². The Bertz CT molecular complexity index is 911. The minimum absolute atomic E-state index is 0.0807. The number of rotatable bonds is 3. The maximum Gasteiger partial charge on any atom is 0.154 e. The van der Waals surface area contributed by atoms with Crippen molar-refractivity contribution in [2.75, 3.05) is 36.8 Å². The van der Waals surface area contributed by atoms with Crippen molar-refractivity contribution in [3.8, 4) is 0 Å². The summed E-state index contributed by atoms with van der Waals surface area (Å²) < 4.78 is 23.7. The van der Waals surface area contributed by atoms with Gasteiger partial charge < -0.3 is 4.90 Å². The summed E-state index contributed by atoms with van der Waals surface area (Å²) in [4.78, 5) is 4.55. The predicted octanol–water partition coefficient (Wildman–Crippen LogP) is 1.92. The van der Waals surface area contributed by atoms with Crippen LogP contribution < -0.4 is 4.90 Å². The smallest absolute Gasteiger partial charge is 0.154 e. The number of benzene rings is 1. The van der Waals surface area contributed by atoms with Gasteiger partial charge >= 0.3 is 0 Å². The Morgan fingerprint density at radius 3 is 2.62 bits per heavy atom. The van der Waals surface area contributed by atoms with Crippen molar-refractivity contribution >= 4 is 27.3 Å². The molecule has 0 amide bonds. The second-order valence-corrected chi connectivity index (χ2v) is 9.46. The Labute approximate surface area is 158 Å². The first kappa shape index (κ1) is 17.7. The number of anilines is 1. The average molecular weight is 393 g/mol. The minimum atomic E-state index is -3.00. The van der Waals surface area contributed by atoms with Crippen molar-refractivity contribution in [2.45, 2.75) is 18.7 Å². The molecule has 138 valence electrons. The van der Waals surface area contributed by atoms with Gasteiger partial charge in [-0.3, -0.25) is 4.90 Å². The Hall–Kier alpha value is -1.70. The maximum absolute atomic E-state index is 11.9. The Balaban J connectivity index is 1.41. The van der Waals surface area contributed by atoms with Gasteiger partial charge in [0.25, 0.3) is 0 Å². The fourth-order valence-corrected chi connectivity index (χ4v) is 5.07. The Morgan fingerprint density at radius 1 is 1.08 bits per heavy atom. The van der Waals surface area contributed by atoms with E-state index in [1.807, 2.05) is 24.3 Å². The average Bonchev–Trinajstić information content (AvgIpc) is 2.63. The summed E-state index contributed by atoms with van der Waals surface area (Å²) in [5.74, 6) is 1.03. The molecule has 2 aliphatic rings. The number of sulfone groups is 1. The molecule has 1 aromatic heterocycles. The molecule has 0 unspecified atom stereocenters. The predicted molar refractivity (Wildman–Crippen MR) is 102 cm³/mol. The standard InChI is InChI=1S/C18H21ClN4O2S/c19-16-4-2-1-3-14(16)12-22-6-8-23(9-7-22)18-11-15-13-26(24,25)10-5-17(15)20-21-18/h1-4,11H,5-10,12-13H2. The van der Waals surface area contributed by atoms with Crippen LogP contribution in [0.25, 0.3) is 0 Å². The molecular formula is C18H21ClN4O2S. The van der Waals surface area contributed by atoms with Gasteiger partial charge in [0, 0.05) is 44.2 Å². The molecule has 1 saturated heterocycles. The van der Waals surface area contributed by atoms with Crippen LogP contribution in [0.4, 0.5) is 5.82 Å². The topological polar surface area (TPSA) is 66.4 Å². The van der Waals surface area contributed by atoms with E-state index in [1.165, 1.54) is 0 Å². The number of fused-ring (bicyclic) bond motifs is 1. The first-order valence-corrected chi connectivity index (χ1v) is 11.0. The molecule has 1 aromatic carbocycles. The molecular weight excluding hydrogens is 372 g/mol. The van der Waals surface area contributed by atoms with Gasteiger partial charge in [-0.2, -0.15) is 5.10 Å². The molecule has 6 nitrogen and oxygen atoms in total. The number of nitrogens with zero attached hydrogens (tertiary/aromatic N) is 4. The largest absolute Gasteiger partial charge is 0.353 e. The minimum Gasteiger partial charge on any atom is -0.353 e. The fraction of sp³-hybridized carbons (Fsp3) is 0.444. The van der Waals surface area contributed by atoms with Crippen LogP contribution in [-0.2, 0) is 28.6 Å². The first-order valence-electron chi connectivity index (χ1n) is 8.77. The van der Waals surface area contributed by atoms with Gasteiger partial charge in [-0.25, -0.2) is 8.42 Å². The number of aromatic nitrogens is 2. The maximum atomic E-state index is 11.9. The second-order valence-electron chi connectivity index (χ2n) is 6.87. The molecule has 26 heavy (non-hydrogen) atoms. The van der Waals surface area contributed by atoms with Crippen LogP contribution in [0.2, 0.25) is 5.02 Å². The van der Waals surface area contributed by atoms with Gasteiger partial charge in [0.1, 0.15) is 0 Å². The van der Waals surface area contributed by atoms with Gasteiger partial charge in [-0.05, 0) is 23.3 Å². The van der Waals surface area contributed by atoms with E-state index in [4.69, 9.17) is 11.6 Å². The number of halogens is 1.